The van der Waals surface area contributed by atoms with Gasteiger partial charge in [-0.05, 0) is 37.5 Å². The summed E-state index contributed by atoms with van der Waals surface area (Å²) in [4.78, 5) is 71.7. The lowest BCUT2D eigenvalue weighted by atomic mass is 9.99. The van der Waals surface area contributed by atoms with E-state index in [1.165, 1.54) is 96.3 Å². The molecular weight excluding hydrogens is 1040 g/mol. The summed E-state index contributed by atoms with van der Waals surface area (Å²) in [6.07, 6.45) is 32.4. The molecule has 17 nitrogen and oxygen atoms in total. The molecule has 0 saturated heterocycles. The maximum atomic E-state index is 12.9. The van der Waals surface area contributed by atoms with Gasteiger partial charge in [0.25, 0.3) is 0 Å². The molecule has 0 aliphatic heterocycles. The maximum absolute atomic E-state index is 12.9. The molecule has 0 aromatic carbocycles. The zero-order valence-corrected chi connectivity index (χ0v) is 51.7. The number of esters is 4. The van der Waals surface area contributed by atoms with Gasteiger partial charge < -0.3 is 33.8 Å². The second-order valence-corrected chi connectivity index (χ2v) is 25.0. The Labute approximate surface area is 473 Å². The van der Waals surface area contributed by atoms with Gasteiger partial charge in [0, 0.05) is 25.7 Å². The van der Waals surface area contributed by atoms with Gasteiger partial charge in [-0.3, -0.25) is 37.3 Å². The number of aliphatic hydroxyl groups excluding tert-OH is 1. The van der Waals surface area contributed by atoms with Crippen molar-refractivity contribution in [3.8, 4) is 0 Å². The number of unbranched alkanes of at least 4 members (excludes halogenated alkanes) is 27. The summed E-state index contributed by atoms with van der Waals surface area (Å²) in [6, 6.07) is 0. The van der Waals surface area contributed by atoms with Crippen molar-refractivity contribution in [3.05, 3.63) is 0 Å². The van der Waals surface area contributed by atoms with Gasteiger partial charge in [0.2, 0.25) is 0 Å². The van der Waals surface area contributed by atoms with Crippen molar-refractivity contribution in [2.45, 2.75) is 304 Å². The first-order valence-electron chi connectivity index (χ1n) is 31.0. The minimum Gasteiger partial charge on any atom is -0.462 e. The molecule has 0 rings (SSSR count). The topological polar surface area (TPSA) is 237 Å². The van der Waals surface area contributed by atoms with Crippen LogP contribution >= 0.6 is 15.6 Å². The van der Waals surface area contributed by atoms with Crippen LogP contribution in [0, 0.1) is 11.8 Å². The van der Waals surface area contributed by atoms with Crippen LogP contribution in [0.25, 0.3) is 0 Å². The Morgan fingerprint density at radius 3 is 0.974 bits per heavy atom. The fourth-order valence-electron chi connectivity index (χ4n) is 8.61. The number of ether oxygens (including phenoxy) is 4. The number of phosphoric acid groups is 2. The molecule has 3 unspecified atom stereocenters. The highest BCUT2D eigenvalue weighted by atomic mass is 31.2. The Morgan fingerprint density at radius 1 is 0.372 bits per heavy atom. The van der Waals surface area contributed by atoms with E-state index in [2.05, 4.69) is 41.5 Å². The maximum Gasteiger partial charge on any atom is 0.472 e. The third-order valence-electron chi connectivity index (χ3n) is 13.8. The predicted molar refractivity (Wildman–Crippen MR) is 308 cm³/mol. The Kier molecular flexibility index (Phi) is 50.6. The van der Waals surface area contributed by atoms with Crippen molar-refractivity contribution in [3.63, 3.8) is 0 Å². The van der Waals surface area contributed by atoms with Crippen LogP contribution < -0.4 is 0 Å². The number of rotatable bonds is 58. The summed E-state index contributed by atoms with van der Waals surface area (Å²) in [6.45, 7) is 9.32. The Bertz CT molecular complexity index is 1550. The van der Waals surface area contributed by atoms with E-state index in [4.69, 9.17) is 37.0 Å². The molecule has 0 spiro atoms. The van der Waals surface area contributed by atoms with Gasteiger partial charge in [-0.25, -0.2) is 9.13 Å². The van der Waals surface area contributed by atoms with Gasteiger partial charge in [-0.1, -0.05) is 234 Å². The van der Waals surface area contributed by atoms with Gasteiger partial charge in [0.1, 0.15) is 19.3 Å². The minimum absolute atomic E-state index is 0.104. The van der Waals surface area contributed by atoms with E-state index in [1.54, 1.807) is 0 Å². The highest BCUT2D eigenvalue weighted by Crippen LogP contribution is 2.45. The van der Waals surface area contributed by atoms with Crippen molar-refractivity contribution >= 4 is 39.5 Å². The van der Waals surface area contributed by atoms with Crippen LogP contribution in [0.1, 0.15) is 286 Å². The normalized spacial score (nSPS) is 14.8. The molecule has 0 fully saturated rings. The number of carbonyl (C=O) groups is 4. The standard InChI is InChI=1S/C59H114O17P2/c1-7-10-12-14-15-16-17-25-31-37-43-58(63)75-54(47-69-56(61)41-35-27-13-11-8-2)49-73-77(65,66)71-45-53(60)46-72-78(67,68)74-50-55(48-70-57(62)42-36-30-24-20-18-22-28-33-39-51(4)5)76-59(64)44-38-32-26-21-19-23-29-34-40-52(6)9-3/h51-55,60H,7-50H2,1-6H3,(H,65,66)(H,67,68)/t52?,53-,54+,55+/m0/s1. The smallest absolute Gasteiger partial charge is 0.462 e. The average molecular weight is 1160 g/mol. The third kappa shape index (κ3) is 52.2. The van der Waals surface area contributed by atoms with Crippen molar-refractivity contribution < 1.29 is 80.2 Å². The van der Waals surface area contributed by atoms with Crippen LogP contribution in [0.4, 0.5) is 0 Å². The molecule has 0 aromatic heterocycles. The molecule has 0 bridgehead atoms. The fourth-order valence-corrected chi connectivity index (χ4v) is 10.2. The molecule has 0 saturated carbocycles. The van der Waals surface area contributed by atoms with Gasteiger partial charge in [0.05, 0.1) is 26.4 Å². The van der Waals surface area contributed by atoms with E-state index in [-0.39, 0.29) is 25.7 Å². The van der Waals surface area contributed by atoms with Crippen LogP contribution in [-0.4, -0.2) is 96.7 Å². The number of aliphatic hydroxyl groups is 1. The highest BCUT2D eigenvalue weighted by molar-refractivity contribution is 7.47. The molecule has 0 aromatic rings. The van der Waals surface area contributed by atoms with Crippen LogP contribution in [-0.2, 0) is 65.4 Å². The molecule has 0 amide bonds. The second-order valence-electron chi connectivity index (χ2n) is 22.1. The van der Waals surface area contributed by atoms with Gasteiger partial charge in [-0.2, -0.15) is 0 Å². The molecule has 78 heavy (non-hydrogen) atoms. The first-order chi connectivity index (χ1) is 37.4. The summed E-state index contributed by atoms with van der Waals surface area (Å²) in [7, 11) is -9.87. The molecular formula is C59H114O17P2. The largest absolute Gasteiger partial charge is 0.472 e. The van der Waals surface area contributed by atoms with Crippen LogP contribution in [0.15, 0.2) is 0 Å². The molecule has 0 aliphatic rings. The molecule has 462 valence electrons. The molecule has 0 heterocycles. The van der Waals surface area contributed by atoms with Crippen molar-refractivity contribution in [1.82, 2.24) is 0 Å². The zero-order valence-electron chi connectivity index (χ0n) is 50.0. The van der Waals surface area contributed by atoms with Gasteiger partial charge >= 0.3 is 39.5 Å². The van der Waals surface area contributed by atoms with Crippen LogP contribution in [0.2, 0.25) is 0 Å². The Balaban J connectivity index is 5.20. The summed E-state index contributed by atoms with van der Waals surface area (Å²) >= 11 is 0. The van der Waals surface area contributed by atoms with Gasteiger partial charge in [0.15, 0.2) is 12.2 Å². The highest BCUT2D eigenvalue weighted by Gasteiger charge is 2.30. The third-order valence-corrected chi connectivity index (χ3v) is 15.7. The second kappa shape index (κ2) is 51.9. The van der Waals surface area contributed by atoms with E-state index in [0.29, 0.717) is 25.7 Å². The van der Waals surface area contributed by atoms with Crippen molar-refractivity contribution in [1.29, 1.82) is 0 Å². The van der Waals surface area contributed by atoms with E-state index in [1.807, 2.05) is 0 Å². The number of carbonyl (C=O) groups excluding carboxylic acids is 4. The molecule has 0 radical (unpaired) electrons. The van der Waals surface area contributed by atoms with Crippen molar-refractivity contribution in [2.75, 3.05) is 39.6 Å². The lowest BCUT2D eigenvalue weighted by Crippen LogP contribution is -2.30. The van der Waals surface area contributed by atoms with E-state index >= 15 is 0 Å². The number of hydrogen-bond acceptors (Lipinski definition) is 15. The lowest BCUT2D eigenvalue weighted by molar-refractivity contribution is -0.161. The zero-order chi connectivity index (χ0) is 58.0. The quantitative estimate of drug-likeness (QED) is 0.0222. The summed E-state index contributed by atoms with van der Waals surface area (Å²) in [5.41, 5.74) is 0. The molecule has 6 atom stereocenters. The summed E-state index contributed by atoms with van der Waals surface area (Å²) in [5, 5.41) is 10.5. The number of phosphoric ester groups is 2. The SMILES string of the molecule is CCCCCCCCCCCCC(=O)O[C@H](COC(=O)CCCCCCC)COP(=O)(O)OC[C@H](O)COP(=O)(O)OC[C@@H](COC(=O)CCCCCCCCCCC(C)C)OC(=O)CCCCCCCCCCC(C)CC. The first-order valence-corrected chi connectivity index (χ1v) is 34.0. The van der Waals surface area contributed by atoms with Gasteiger partial charge in [-0.15, -0.1) is 0 Å². The molecule has 0 aliphatic carbocycles. The van der Waals surface area contributed by atoms with Crippen molar-refractivity contribution in [2.24, 2.45) is 11.8 Å². The summed E-state index contributed by atoms with van der Waals surface area (Å²) in [5.74, 6) is -0.658. The molecule has 19 heteroatoms. The van der Waals surface area contributed by atoms with E-state index in [9.17, 15) is 43.2 Å². The first kappa shape index (κ1) is 76.1. The van der Waals surface area contributed by atoms with Crippen LogP contribution in [0.3, 0.4) is 0 Å². The lowest BCUT2D eigenvalue weighted by Gasteiger charge is -2.21. The fraction of sp³-hybridized carbons (Fsp3) is 0.932. The predicted octanol–water partition coefficient (Wildman–Crippen LogP) is 15.7. The van der Waals surface area contributed by atoms with E-state index in [0.717, 1.165) is 108 Å². The monoisotopic (exact) mass is 1160 g/mol. The Hall–Kier alpha value is -1.94. The number of hydrogen-bond donors (Lipinski definition) is 3. The van der Waals surface area contributed by atoms with Crippen LogP contribution in [0.5, 0.6) is 0 Å². The minimum atomic E-state index is -4.94. The van der Waals surface area contributed by atoms with E-state index < -0.39 is 97.5 Å². The average Bonchev–Trinajstić information content (AvgIpc) is 3.40. The summed E-state index contributed by atoms with van der Waals surface area (Å²) < 4.78 is 67.6. The molecule has 3 N–H and O–H groups in total. The Morgan fingerprint density at radius 2 is 0.654 bits per heavy atom.